The summed E-state index contributed by atoms with van der Waals surface area (Å²) < 4.78 is 39.7. The van der Waals surface area contributed by atoms with Crippen LogP contribution in [0.5, 0.6) is 5.75 Å². The van der Waals surface area contributed by atoms with Gasteiger partial charge in [-0.3, -0.25) is 10.2 Å². The molecule has 0 radical (unpaired) electrons. The molecule has 2 atom stereocenters. The number of carbonyl (C=O) groups excluding carboxylic acids is 1. The van der Waals surface area contributed by atoms with Crippen LogP contribution in [0.25, 0.3) is 11.1 Å². The first-order valence-electron chi connectivity index (χ1n) is 17.2. The number of aliphatic imine (C=N–C) groups is 1. The minimum absolute atomic E-state index is 0.0182. The van der Waals surface area contributed by atoms with E-state index in [4.69, 9.17) is 42.8 Å². The standard InChI is InChI=1S/C41H39Cl2N3O6S/c42-34-19-16-31(37(43)28-34)22-24-44-46-40(48)41(23-27-53(49,50)36-10-5-2-6-11-36)38(32-14-12-30(13-15-32)29-8-3-1-4-9-29)52-39(45-41)33-17-20-35(21-18-33)51-26-7-25-47/h1-6,8-21,28,38,44,47H,7,22-27H2,(H,46,48)/t38-,41-/m0/s1. The lowest BCUT2D eigenvalue weighted by Gasteiger charge is -2.30. The number of aliphatic hydroxyl groups excluding tert-OH is 1. The summed E-state index contributed by atoms with van der Waals surface area (Å²) >= 11 is 12.4. The Labute approximate surface area is 319 Å². The zero-order valence-electron chi connectivity index (χ0n) is 28.8. The van der Waals surface area contributed by atoms with Crippen molar-refractivity contribution >= 4 is 44.8 Å². The molecule has 0 saturated heterocycles. The van der Waals surface area contributed by atoms with Crippen molar-refractivity contribution in [3.63, 3.8) is 0 Å². The van der Waals surface area contributed by atoms with Crippen LogP contribution < -0.4 is 15.6 Å². The summed E-state index contributed by atoms with van der Waals surface area (Å²) in [6, 6.07) is 38.0. The summed E-state index contributed by atoms with van der Waals surface area (Å²) in [5.74, 6) is -0.151. The summed E-state index contributed by atoms with van der Waals surface area (Å²) in [4.78, 5) is 19.7. The molecule has 0 saturated carbocycles. The molecule has 0 bridgehead atoms. The molecule has 1 heterocycles. The number of hydrogen-bond acceptors (Lipinski definition) is 8. The van der Waals surface area contributed by atoms with E-state index in [0.717, 1.165) is 16.7 Å². The predicted octanol–water partition coefficient (Wildman–Crippen LogP) is 7.41. The third kappa shape index (κ3) is 9.27. The van der Waals surface area contributed by atoms with Crippen molar-refractivity contribution in [1.29, 1.82) is 0 Å². The van der Waals surface area contributed by atoms with Crippen molar-refractivity contribution in [3.8, 4) is 16.9 Å². The number of amides is 1. The molecule has 0 spiro atoms. The third-order valence-electron chi connectivity index (χ3n) is 8.94. The number of aliphatic hydroxyl groups is 1. The van der Waals surface area contributed by atoms with Crippen LogP contribution in [0.4, 0.5) is 0 Å². The van der Waals surface area contributed by atoms with Crippen LogP contribution in [-0.2, 0) is 25.8 Å². The number of hydrogen-bond donors (Lipinski definition) is 3. The zero-order valence-corrected chi connectivity index (χ0v) is 31.1. The van der Waals surface area contributed by atoms with Gasteiger partial charge in [0.05, 0.1) is 17.3 Å². The number of halogens is 2. The normalized spacial score (nSPS) is 16.8. The molecule has 0 aliphatic carbocycles. The van der Waals surface area contributed by atoms with Crippen LogP contribution >= 0.6 is 23.2 Å². The van der Waals surface area contributed by atoms with E-state index in [0.29, 0.717) is 52.9 Å². The molecule has 274 valence electrons. The summed E-state index contributed by atoms with van der Waals surface area (Å²) in [6.07, 6.45) is -0.195. The van der Waals surface area contributed by atoms with Crippen LogP contribution in [0.15, 0.2) is 137 Å². The molecule has 12 heteroatoms. The molecule has 5 aromatic carbocycles. The Morgan fingerprint density at radius 2 is 1.51 bits per heavy atom. The van der Waals surface area contributed by atoms with Crippen LogP contribution in [0.3, 0.4) is 0 Å². The molecule has 3 N–H and O–H groups in total. The van der Waals surface area contributed by atoms with Gasteiger partial charge in [0.15, 0.2) is 21.5 Å². The Balaban J connectivity index is 1.35. The summed E-state index contributed by atoms with van der Waals surface area (Å²) in [5, 5.41) is 10.2. The Bertz CT molecular complexity index is 2140. The van der Waals surface area contributed by atoms with Gasteiger partial charge in [-0.2, -0.15) is 0 Å². The number of sulfone groups is 1. The molecule has 5 aromatic rings. The average molecular weight is 773 g/mol. The maximum absolute atomic E-state index is 14.6. The minimum atomic E-state index is -3.82. The first-order valence-corrected chi connectivity index (χ1v) is 19.6. The zero-order chi connectivity index (χ0) is 37.3. The second-order valence-electron chi connectivity index (χ2n) is 12.5. The highest BCUT2D eigenvalue weighted by molar-refractivity contribution is 7.91. The lowest BCUT2D eigenvalue weighted by atomic mass is 9.84. The van der Waals surface area contributed by atoms with E-state index in [1.807, 2.05) is 60.7 Å². The van der Waals surface area contributed by atoms with E-state index < -0.39 is 27.4 Å². The second kappa shape index (κ2) is 17.4. The fourth-order valence-corrected chi connectivity index (χ4v) is 7.95. The second-order valence-corrected chi connectivity index (χ2v) is 15.5. The van der Waals surface area contributed by atoms with Crippen LogP contribution in [0.1, 0.15) is 35.6 Å². The molecule has 53 heavy (non-hydrogen) atoms. The Hall–Kier alpha value is -4.71. The van der Waals surface area contributed by atoms with Crippen LogP contribution in [-0.4, -0.2) is 56.4 Å². The first-order chi connectivity index (χ1) is 25.7. The first kappa shape index (κ1) is 38.0. The van der Waals surface area contributed by atoms with Crippen molar-refractivity contribution in [2.24, 2.45) is 4.99 Å². The predicted molar refractivity (Wildman–Crippen MR) is 208 cm³/mol. The van der Waals surface area contributed by atoms with Crippen molar-refractivity contribution in [3.05, 3.63) is 154 Å². The van der Waals surface area contributed by atoms with Crippen molar-refractivity contribution < 1.29 is 27.8 Å². The molecule has 1 aliphatic rings. The molecule has 0 aromatic heterocycles. The van der Waals surface area contributed by atoms with Crippen LogP contribution in [0, 0.1) is 0 Å². The quantitative estimate of drug-likeness (QED) is 0.0705. The van der Waals surface area contributed by atoms with Gasteiger partial charge in [0.1, 0.15) is 5.75 Å². The average Bonchev–Trinajstić information content (AvgIpc) is 3.58. The fourth-order valence-electron chi connectivity index (χ4n) is 6.06. The number of carbonyl (C=O) groups is 1. The lowest BCUT2D eigenvalue weighted by molar-refractivity contribution is -0.130. The third-order valence-corrected chi connectivity index (χ3v) is 11.3. The summed E-state index contributed by atoms with van der Waals surface area (Å²) in [6.45, 7) is 0.687. The van der Waals surface area contributed by atoms with Gasteiger partial charge in [-0.25, -0.2) is 18.8 Å². The SMILES string of the molecule is O=C(NNCCc1ccc(Cl)cc1Cl)[C@@]1(CCS(=O)(=O)c2ccccc2)N=C(c2ccc(OCCCO)cc2)O[C@H]1c1ccc(-c2ccccc2)cc1. The number of ether oxygens (including phenoxy) is 2. The number of nitrogens with zero attached hydrogens (tertiary/aromatic N) is 1. The van der Waals surface area contributed by atoms with Gasteiger partial charge in [0.25, 0.3) is 5.91 Å². The van der Waals surface area contributed by atoms with Gasteiger partial charge in [-0.05, 0) is 77.2 Å². The Morgan fingerprint density at radius 3 is 2.19 bits per heavy atom. The highest BCUT2D eigenvalue weighted by Gasteiger charge is 2.53. The Morgan fingerprint density at radius 1 is 0.849 bits per heavy atom. The van der Waals surface area contributed by atoms with Gasteiger partial charge < -0.3 is 14.6 Å². The van der Waals surface area contributed by atoms with Crippen LogP contribution in [0.2, 0.25) is 10.0 Å². The fraction of sp³-hybridized carbons (Fsp3) is 0.220. The number of hydrazine groups is 1. The van der Waals surface area contributed by atoms with Gasteiger partial charge >= 0.3 is 0 Å². The maximum Gasteiger partial charge on any atom is 0.266 e. The molecule has 1 aliphatic heterocycles. The van der Waals surface area contributed by atoms with Crippen molar-refractivity contribution in [2.45, 2.75) is 35.8 Å². The van der Waals surface area contributed by atoms with E-state index in [1.54, 1.807) is 54.6 Å². The largest absolute Gasteiger partial charge is 0.494 e. The molecule has 9 nitrogen and oxygen atoms in total. The lowest BCUT2D eigenvalue weighted by Crippen LogP contribution is -2.53. The van der Waals surface area contributed by atoms with E-state index in [1.165, 1.54) is 12.1 Å². The number of rotatable bonds is 16. The summed E-state index contributed by atoms with van der Waals surface area (Å²) in [5.41, 5.74) is 8.16. The highest BCUT2D eigenvalue weighted by atomic mass is 35.5. The topological polar surface area (TPSA) is 126 Å². The smallest absolute Gasteiger partial charge is 0.266 e. The monoisotopic (exact) mass is 771 g/mol. The van der Waals surface area contributed by atoms with Crippen molar-refractivity contribution in [1.82, 2.24) is 10.9 Å². The van der Waals surface area contributed by atoms with Gasteiger partial charge in [0, 0.05) is 41.6 Å². The highest BCUT2D eigenvalue weighted by Crippen LogP contribution is 2.43. The molecule has 6 rings (SSSR count). The summed E-state index contributed by atoms with van der Waals surface area (Å²) in [7, 11) is -3.82. The van der Waals surface area contributed by atoms with Crippen molar-refractivity contribution in [2.75, 3.05) is 25.5 Å². The van der Waals surface area contributed by atoms with E-state index >= 15 is 0 Å². The molecular formula is C41H39Cl2N3O6S. The molecule has 0 fully saturated rings. The molecular weight excluding hydrogens is 733 g/mol. The van der Waals surface area contributed by atoms with E-state index in [9.17, 15) is 13.2 Å². The van der Waals surface area contributed by atoms with Gasteiger partial charge in [0.2, 0.25) is 5.90 Å². The van der Waals surface area contributed by atoms with E-state index in [2.05, 4.69) is 10.9 Å². The van der Waals surface area contributed by atoms with Gasteiger partial charge in [-0.1, -0.05) is 102 Å². The van der Waals surface area contributed by atoms with E-state index in [-0.39, 0.29) is 29.6 Å². The minimum Gasteiger partial charge on any atom is -0.494 e. The Kier molecular flexibility index (Phi) is 12.5. The number of nitrogens with one attached hydrogen (secondary N) is 2. The van der Waals surface area contributed by atoms with Gasteiger partial charge in [-0.15, -0.1) is 0 Å². The maximum atomic E-state index is 14.6. The molecule has 0 unspecified atom stereocenters. The number of benzene rings is 5. The molecule has 1 amide bonds.